The molecular weight excluding hydrogens is 246 g/mol. The van der Waals surface area contributed by atoms with Crippen molar-refractivity contribution in [3.63, 3.8) is 0 Å². The molecule has 0 aliphatic rings. The first-order chi connectivity index (χ1) is 9.18. The first-order valence-corrected chi connectivity index (χ1v) is 7.41. The number of rotatable bonds is 6. The van der Waals surface area contributed by atoms with Gasteiger partial charge in [-0.25, -0.2) is 0 Å². The van der Waals surface area contributed by atoms with E-state index in [1.54, 1.807) is 12.2 Å². The molecule has 0 unspecified atom stereocenters. The van der Waals surface area contributed by atoms with Gasteiger partial charge >= 0.3 is 0 Å². The Morgan fingerprint density at radius 1 is 1.10 bits per heavy atom. The van der Waals surface area contributed by atoms with Crippen molar-refractivity contribution >= 4 is 5.91 Å². The summed E-state index contributed by atoms with van der Waals surface area (Å²) in [5.74, 6) is 0.0772. The number of amides is 1. The molecular formula is C18H31NO. The molecule has 0 aromatic rings. The van der Waals surface area contributed by atoms with E-state index in [1.165, 1.54) is 11.1 Å². The lowest BCUT2D eigenvalue weighted by Gasteiger charge is -2.34. The molecule has 0 aliphatic carbocycles. The van der Waals surface area contributed by atoms with Crippen molar-refractivity contribution in [1.29, 1.82) is 0 Å². The summed E-state index contributed by atoms with van der Waals surface area (Å²) in [6.45, 7) is 15.1. The van der Waals surface area contributed by atoms with Crippen LogP contribution in [0, 0.1) is 0 Å². The third-order valence-corrected chi connectivity index (χ3v) is 3.10. The predicted octanol–water partition coefficient (Wildman–Crippen LogP) is 4.88. The van der Waals surface area contributed by atoms with E-state index >= 15 is 0 Å². The second kappa shape index (κ2) is 8.78. The number of hydrogen-bond acceptors (Lipinski definition) is 1. The third kappa shape index (κ3) is 7.98. The van der Waals surface area contributed by atoms with E-state index in [0.717, 1.165) is 12.8 Å². The summed E-state index contributed by atoms with van der Waals surface area (Å²) in [5, 5.41) is 0. The number of carbonyl (C=O) groups excluding carboxylic acids is 1. The van der Waals surface area contributed by atoms with E-state index in [0.29, 0.717) is 6.54 Å². The Balaban J connectivity index is 4.68. The van der Waals surface area contributed by atoms with Crippen molar-refractivity contribution in [2.75, 3.05) is 6.54 Å². The molecule has 2 heteroatoms. The van der Waals surface area contributed by atoms with Crippen molar-refractivity contribution in [2.24, 2.45) is 0 Å². The van der Waals surface area contributed by atoms with Gasteiger partial charge in [0, 0.05) is 12.1 Å². The van der Waals surface area contributed by atoms with Crippen molar-refractivity contribution in [2.45, 2.75) is 66.8 Å². The normalized spacial score (nSPS) is 12.7. The van der Waals surface area contributed by atoms with Gasteiger partial charge in [0.05, 0.1) is 0 Å². The lowest BCUT2D eigenvalue weighted by Crippen LogP contribution is -2.45. The zero-order valence-corrected chi connectivity index (χ0v) is 14.3. The minimum Gasteiger partial charge on any atom is -0.331 e. The van der Waals surface area contributed by atoms with Crippen molar-refractivity contribution in [1.82, 2.24) is 4.90 Å². The summed E-state index contributed by atoms with van der Waals surface area (Å²) in [6.07, 6.45) is 9.99. The highest BCUT2D eigenvalue weighted by molar-refractivity contribution is 5.88. The molecule has 0 heterocycles. The molecule has 0 bridgehead atoms. The molecule has 0 aromatic carbocycles. The lowest BCUT2D eigenvalue weighted by molar-refractivity contribution is -0.129. The van der Waals surface area contributed by atoms with Crippen LogP contribution in [0.2, 0.25) is 0 Å². The van der Waals surface area contributed by atoms with Crippen LogP contribution in [-0.2, 0) is 4.79 Å². The van der Waals surface area contributed by atoms with E-state index in [4.69, 9.17) is 0 Å². The van der Waals surface area contributed by atoms with E-state index < -0.39 is 0 Å². The van der Waals surface area contributed by atoms with E-state index in [1.807, 2.05) is 11.8 Å². The standard InChI is InChI=1S/C18H31NO/c1-8-10-17(20)19(18(5,6)7)14-13-16(4)12-9-11-15(2)3/h8,10-11,13H,9,12,14H2,1-7H3/b10-8+,16-13+. The monoisotopic (exact) mass is 277 g/mol. The van der Waals surface area contributed by atoms with Gasteiger partial charge in [-0.15, -0.1) is 0 Å². The molecule has 0 fully saturated rings. The predicted molar refractivity (Wildman–Crippen MR) is 88.7 cm³/mol. The van der Waals surface area contributed by atoms with Gasteiger partial charge in [-0.3, -0.25) is 4.79 Å². The molecule has 0 aromatic heterocycles. The van der Waals surface area contributed by atoms with Gasteiger partial charge in [-0.05, 0) is 67.4 Å². The Hall–Kier alpha value is -1.31. The first kappa shape index (κ1) is 18.7. The van der Waals surface area contributed by atoms with Crippen LogP contribution in [-0.4, -0.2) is 22.9 Å². The van der Waals surface area contributed by atoms with Crippen molar-refractivity contribution in [3.05, 3.63) is 35.5 Å². The van der Waals surface area contributed by atoms with Crippen LogP contribution in [0.1, 0.15) is 61.3 Å². The number of nitrogens with zero attached hydrogens (tertiary/aromatic N) is 1. The minimum atomic E-state index is -0.159. The first-order valence-electron chi connectivity index (χ1n) is 7.41. The average Bonchev–Trinajstić information content (AvgIpc) is 2.27. The molecule has 0 spiro atoms. The van der Waals surface area contributed by atoms with Crippen LogP contribution in [0.4, 0.5) is 0 Å². The highest BCUT2D eigenvalue weighted by Crippen LogP contribution is 2.15. The highest BCUT2D eigenvalue weighted by atomic mass is 16.2. The molecule has 0 N–H and O–H groups in total. The topological polar surface area (TPSA) is 20.3 Å². The Morgan fingerprint density at radius 2 is 1.70 bits per heavy atom. The molecule has 0 aliphatic heterocycles. The maximum absolute atomic E-state index is 12.1. The Bertz CT molecular complexity index is 390. The average molecular weight is 277 g/mol. The highest BCUT2D eigenvalue weighted by Gasteiger charge is 2.23. The lowest BCUT2D eigenvalue weighted by atomic mass is 10.0. The number of allylic oxidation sites excluding steroid dienone is 4. The minimum absolute atomic E-state index is 0.0772. The third-order valence-electron chi connectivity index (χ3n) is 3.10. The van der Waals surface area contributed by atoms with Crippen molar-refractivity contribution < 1.29 is 4.79 Å². The summed E-state index contributed by atoms with van der Waals surface area (Å²) in [4.78, 5) is 14.0. The summed E-state index contributed by atoms with van der Waals surface area (Å²) < 4.78 is 0. The van der Waals surface area contributed by atoms with Gasteiger partial charge < -0.3 is 4.90 Å². The van der Waals surface area contributed by atoms with E-state index in [-0.39, 0.29) is 11.4 Å². The molecule has 0 atom stereocenters. The second-order valence-electron chi connectivity index (χ2n) is 6.49. The zero-order chi connectivity index (χ0) is 15.8. The maximum atomic E-state index is 12.1. The molecule has 114 valence electrons. The van der Waals surface area contributed by atoms with Crippen LogP contribution in [0.5, 0.6) is 0 Å². The van der Waals surface area contributed by atoms with Crippen LogP contribution >= 0.6 is 0 Å². The molecule has 2 nitrogen and oxygen atoms in total. The molecule has 0 saturated carbocycles. The molecule has 0 saturated heterocycles. The number of carbonyl (C=O) groups is 1. The van der Waals surface area contributed by atoms with Gasteiger partial charge in [0.15, 0.2) is 0 Å². The smallest absolute Gasteiger partial charge is 0.246 e. The van der Waals surface area contributed by atoms with E-state index in [9.17, 15) is 4.79 Å². The van der Waals surface area contributed by atoms with Crippen molar-refractivity contribution in [3.8, 4) is 0 Å². The van der Waals surface area contributed by atoms with Gasteiger partial charge in [-0.1, -0.05) is 29.4 Å². The molecule has 20 heavy (non-hydrogen) atoms. The number of hydrogen-bond donors (Lipinski definition) is 0. The van der Waals surface area contributed by atoms with E-state index in [2.05, 4.69) is 53.7 Å². The van der Waals surface area contributed by atoms with Gasteiger partial charge in [0.1, 0.15) is 0 Å². The van der Waals surface area contributed by atoms with Crippen LogP contribution in [0.15, 0.2) is 35.5 Å². The van der Waals surface area contributed by atoms with Gasteiger partial charge in [-0.2, -0.15) is 0 Å². The largest absolute Gasteiger partial charge is 0.331 e. The molecule has 0 radical (unpaired) electrons. The zero-order valence-electron chi connectivity index (χ0n) is 14.3. The maximum Gasteiger partial charge on any atom is 0.246 e. The summed E-state index contributed by atoms with van der Waals surface area (Å²) in [6, 6.07) is 0. The fourth-order valence-electron chi connectivity index (χ4n) is 1.86. The van der Waals surface area contributed by atoms with Gasteiger partial charge in [0.2, 0.25) is 5.91 Å². The molecule has 0 rings (SSSR count). The molecule has 1 amide bonds. The van der Waals surface area contributed by atoms with Crippen LogP contribution in [0.25, 0.3) is 0 Å². The summed E-state index contributed by atoms with van der Waals surface area (Å²) in [5.41, 5.74) is 2.54. The Morgan fingerprint density at radius 3 is 2.15 bits per heavy atom. The Kier molecular flexibility index (Phi) is 8.21. The SMILES string of the molecule is C/C=C/C(=O)N(C/C=C(\C)CCC=C(C)C)C(C)(C)C. The summed E-state index contributed by atoms with van der Waals surface area (Å²) >= 11 is 0. The fourth-order valence-corrected chi connectivity index (χ4v) is 1.86. The quantitative estimate of drug-likeness (QED) is 0.500. The van der Waals surface area contributed by atoms with Crippen LogP contribution in [0.3, 0.4) is 0 Å². The van der Waals surface area contributed by atoms with Gasteiger partial charge in [0.25, 0.3) is 0 Å². The Labute approximate surface area is 125 Å². The summed E-state index contributed by atoms with van der Waals surface area (Å²) in [7, 11) is 0. The second-order valence-corrected chi connectivity index (χ2v) is 6.49. The van der Waals surface area contributed by atoms with Crippen LogP contribution < -0.4 is 0 Å². The fraction of sp³-hybridized carbons (Fsp3) is 0.611.